The average molecular weight is 550 g/mol. The molecule has 0 atom stereocenters. The van der Waals surface area contributed by atoms with Gasteiger partial charge in [0.05, 0.1) is 6.54 Å². The summed E-state index contributed by atoms with van der Waals surface area (Å²) in [5.74, 6) is 1.64. The molecule has 3 heterocycles. The van der Waals surface area contributed by atoms with Crippen LogP contribution in [0.4, 0.5) is 11.6 Å². The lowest BCUT2D eigenvalue weighted by molar-refractivity contribution is -0.130. The van der Waals surface area contributed by atoms with Gasteiger partial charge in [0.1, 0.15) is 0 Å². The summed E-state index contributed by atoms with van der Waals surface area (Å²) in [4.78, 5) is 34.4. The number of amides is 1. The Morgan fingerprint density at radius 1 is 0.875 bits per heavy atom. The predicted octanol–water partition coefficient (Wildman–Crippen LogP) is 1.14. The fourth-order valence-corrected chi connectivity index (χ4v) is 4.02. The van der Waals surface area contributed by atoms with Crippen molar-refractivity contribution in [1.29, 1.82) is 0 Å². The number of nitrogens with zero attached hydrogens (tertiary/aromatic N) is 7. The van der Waals surface area contributed by atoms with Crippen molar-refractivity contribution in [3.8, 4) is 0 Å². The molecule has 1 N–H and O–H groups in total. The van der Waals surface area contributed by atoms with E-state index in [9.17, 15) is 4.79 Å². The molecule has 0 bridgehead atoms. The molecule has 2 aliphatic heterocycles. The third kappa shape index (κ3) is 5.99. The van der Waals surface area contributed by atoms with Crippen LogP contribution in [-0.4, -0.2) is 97.6 Å². The van der Waals surface area contributed by atoms with Gasteiger partial charge in [0, 0.05) is 77.5 Å². The van der Waals surface area contributed by atoms with Crippen molar-refractivity contribution >= 4 is 47.5 Å². The van der Waals surface area contributed by atoms with E-state index in [-0.39, 0.29) is 36.4 Å². The maximum absolute atomic E-state index is 12.7. The predicted molar refractivity (Wildman–Crippen MR) is 138 cm³/mol. The minimum atomic E-state index is 0. The molecule has 0 unspecified atom stereocenters. The van der Waals surface area contributed by atoms with Gasteiger partial charge in [-0.3, -0.25) is 9.79 Å². The number of guanidine groups is 1. The molecule has 2 aromatic rings. The number of aliphatic imine (C=N–C) groups is 1. The van der Waals surface area contributed by atoms with E-state index in [4.69, 9.17) is 0 Å². The Morgan fingerprint density at radius 2 is 1.47 bits per heavy atom. The summed E-state index contributed by atoms with van der Waals surface area (Å²) in [6, 6.07) is 12.2. The van der Waals surface area contributed by atoms with Crippen molar-refractivity contribution in [2.75, 3.05) is 75.8 Å². The number of carbonyl (C=O) groups is 1. The van der Waals surface area contributed by atoms with Crippen LogP contribution in [0, 0.1) is 0 Å². The van der Waals surface area contributed by atoms with Crippen LogP contribution in [0.15, 0.2) is 53.8 Å². The molecule has 172 valence electrons. The molecular weight excluding hydrogens is 519 g/mol. The van der Waals surface area contributed by atoms with Crippen molar-refractivity contribution in [2.24, 2.45) is 4.99 Å². The van der Waals surface area contributed by atoms with Crippen molar-refractivity contribution in [3.63, 3.8) is 0 Å². The number of aromatic nitrogens is 2. The molecule has 0 saturated carbocycles. The van der Waals surface area contributed by atoms with Gasteiger partial charge >= 0.3 is 0 Å². The van der Waals surface area contributed by atoms with Crippen LogP contribution < -0.4 is 15.1 Å². The van der Waals surface area contributed by atoms with Crippen molar-refractivity contribution in [1.82, 2.24) is 25.1 Å². The highest BCUT2D eigenvalue weighted by Crippen LogP contribution is 2.15. The number of rotatable bonds is 4. The lowest BCUT2D eigenvalue weighted by Crippen LogP contribution is -2.55. The van der Waals surface area contributed by atoms with Gasteiger partial charge in [-0.15, -0.1) is 24.0 Å². The fraction of sp³-hybridized carbons (Fsp3) is 0.455. The molecule has 1 aromatic carbocycles. The Balaban J connectivity index is 0.00000289. The van der Waals surface area contributed by atoms with Gasteiger partial charge in [0.15, 0.2) is 5.96 Å². The third-order valence-corrected chi connectivity index (χ3v) is 5.78. The number of nitrogens with one attached hydrogen (secondary N) is 1. The van der Waals surface area contributed by atoms with E-state index in [1.54, 1.807) is 19.4 Å². The summed E-state index contributed by atoms with van der Waals surface area (Å²) in [5.41, 5.74) is 1.22. The van der Waals surface area contributed by atoms with E-state index in [2.05, 4.69) is 59.2 Å². The van der Waals surface area contributed by atoms with Crippen LogP contribution in [0.1, 0.15) is 0 Å². The molecule has 2 saturated heterocycles. The van der Waals surface area contributed by atoms with E-state index in [0.717, 1.165) is 64.3 Å². The summed E-state index contributed by atoms with van der Waals surface area (Å²) in [6.07, 6.45) is 3.53. The summed E-state index contributed by atoms with van der Waals surface area (Å²) in [7, 11) is 1.76. The van der Waals surface area contributed by atoms with Crippen LogP contribution >= 0.6 is 24.0 Å². The molecule has 10 heteroatoms. The van der Waals surface area contributed by atoms with Crippen LogP contribution in [0.3, 0.4) is 0 Å². The first-order valence-corrected chi connectivity index (χ1v) is 10.8. The molecule has 0 aliphatic carbocycles. The monoisotopic (exact) mass is 550 g/mol. The number of para-hydroxylation sites is 1. The number of benzene rings is 1. The lowest BCUT2D eigenvalue weighted by Gasteiger charge is -2.37. The largest absolute Gasteiger partial charge is 0.368 e. The van der Waals surface area contributed by atoms with E-state index in [1.165, 1.54) is 5.69 Å². The summed E-state index contributed by atoms with van der Waals surface area (Å²) in [5, 5.41) is 3.26. The topological polar surface area (TPSA) is 80.2 Å². The fourth-order valence-electron chi connectivity index (χ4n) is 4.02. The Hall–Kier alpha value is -2.63. The molecular formula is C22H31IN8O. The smallest absolute Gasteiger partial charge is 0.242 e. The van der Waals surface area contributed by atoms with Crippen molar-refractivity contribution < 1.29 is 4.79 Å². The molecule has 0 radical (unpaired) electrons. The Bertz CT molecular complexity index is 866. The number of piperazine rings is 2. The van der Waals surface area contributed by atoms with Gasteiger partial charge in [-0.1, -0.05) is 18.2 Å². The van der Waals surface area contributed by atoms with Gasteiger partial charge in [-0.2, -0.15) is 0 Å². The summed E-state index contributed by atoms with van der Waals surface area (Å²) >= 11 is 0. The van der Waals surface area contributed by atoms with Crippen LogP contribution in [0.5, 0.6) is 0 Å². The quantitative estimate of drug-likeness (QED) is 0.348. The average Bonchev–Trinajstić information content (AvgIpc) is 2.86. The standard InChI is InChI=1S/C22H30N8O.HI/c1-23-21(29-14-16-30(17-15-29)22-24-8-5-9-25-22)26-18-20(31)28-12-10-27(11-13-28)19-6-3-2-4-7-19;/h2-9H,10-18H2,1H3,(H,23,26);1H. The second-order valence-corrected chi connectivity index (χ2v) is 7.63. The Morgan fingerprint density at radius 3 is 2.09 bits per heavy atom. The Kier molecular flexibility index (Phi) is 8.89. The van der Waals surface area contributed by atoms with Crippen LogP contribution in [0.2, 0.25) is 0 Å². The first-order valence-electron chi connectivity index (χ1n) is 10.8. The zero-order valence-electron chi connectivity index (χ0n) is 18.4. The van der Waals surface area contributed by atoms with E-state index < -0.39 is 0 Å². The second kappa shape index (κ2) is 11.8. The molecule has 1 aromatic heterocycles. The minimum absolute atomic E-state index is 0. The normalized spacial score (nSPS) is 17.1. The first kappa shape index (κ1) is 24.0. The summed E-state index contributed by atoms with van der Waals surface area (Å²) in [6.45, 7) is 6.71. The SMILES string of the molecule is CN=C(NCC(=O)N1CCN(c2ccccc2)CC1)N1CCN(c2ncccn2)CC1.I. The highest BCUT2D eigenvalue weighted by molar-refractivity contribution is 14.0. The molecule has 2 aliphatic rings. The molecule has 2 fully saturated rings. The van der Waals surface area contributed by atoms with Gasteiger partial charge in [-0.25, -0.2) is 9.97 Å². The van der Waals surface area contributed by atoms with Gasteiger partial charge in [-0.05, 0) is 18.2 Å². The van der Waals surface area contributed by atoms with Gasteiger partial charge in [0.2, 0.25) is 11.9 Å². The van der Waals surface area contributed by atoms with E-state index in [1.807, 2.05) is 17.0 Å². The van der Waals surface area contributed by atoms with Gasteiger partial charge in [0.25, 0.3) is 0 Å². The van der Waals surface area contributed by atoms with E-state index in [0.29, 0.717) is 0 Å². The highest BCUT2D eigenvalue weighted by Gasteiger charge is 2.24. The lowest BCUT2D eigenvalue weighted by atomic mass is 10.2. The van der Waals surface area contributed by atoms with Gasteiger partial charge < -0.3 is 24.9 Å². The van der Waals surface area contributed by atoms with Crippen LogP contribution in [0.25, 0.3) is 0 Å². The number of hydrogen-bond acceptors (Lipinski definition) is 6. The minimum Gasteiger partial charge on any atom is -0.368 e. The zero-order chi connectivity index (χ0) is 21.5. The van der Waals surface area contributed by atoms with E-state index >= 15 is 0 Å². The third-order valence-electron chi connectivity index (χ3n) is 5.78. The van der Waals surface area contributed by atoms with Crippen LogP contribution in [-0.2, 0) is 4.79 Å². The maximum Gasteiger partial charge on any atom is 0.242 e. The molecule has 4 rings (SSSR count). The van der Waals surface area contributed by atoms with Crippen molar-refractivity contribution in [3.05, 3.63) is 48.8 Å². The zero-order valence-corrected chi connectivity index (χ0v) is 20.8. The Labute approximate surface area is 206 Å². The molecule has 0 spiro atoms. The molecule has 32 heavy (non-hydrogen) atoms. The summed E-state index contributed by atoms with van der Waals surface area (Å²) < 4.78 is 0. The number of hydrogen-bond donors (Lipinski definition) is 1. The van der Waals surface area contributed by atoms with Crippen molar-refractivity contribution in [2.45, 2.75) is 0 Å². The number of carbonyl (C=O) groups excluding carboxylic acids is 1. The maximum atomic E-state index is 12.7. The highest BCUT2D eigenvalue weighted by atomic mass is 127. The number of halogens is 1. The second-order valence-electron chi connectivity index (χ2n) is 7.63. The number of anilines is 2. The molecule has 1 amide bonds. The first-order chi connectivity index (χ1) is 15.2. The molecule has 9 nitrogen and oxygen atoms in total.